The molecule has 0 saturated carbocycles. The molecule has 0 atom stereocenters. The summed E-state index contributed by atoms with van der Waals surface area (Å²) in [4.78, 5) is 0. The highest BCUT2D eigenvalue weighted by Crippen LogP contribution is 2.74. The second kappa shape index (κ2) is 6.36. The van der Waals surface area contributed by atoms with E-state index in [2.05, 4.69) is 0 Å². The van der Waals surface area contributed by atoms with E-state index in [0.29, 0.717) is 0 Å². The fourth-order valence-electron chi connectivity index (χ4n) is 1.97. The lowest BCUT2D eigenvalue weighted by Crippen LogP contribution is -2.81. The highest BCUT2D eigenvalue weighted by atomic mass is 32.2. The first-order chi connectivity index (χ1) is 12.0. The van der Waals surface area contributed by atoms with Crippen LogP contribution in [-0.4, -0.2) is 54.5 Å². The van der Waals surface area contributed by atoms with E-state index < -0.39 is 57.1 Å². The SMILES string of the molecule is O=S(=O)(O)C(F)(F)C(C(F)(F)C(F)(F)F)(C(F)(F)C(F)(F)F)C(F)(F)C(F)(F)F. The first-order valence-corrected chi connectivity index (χ1v) is 7.12. The van der Waals surface area contributed by atoms with E-state index in [1.54, 1.807) is 0 Å². The second-order valence-electron chi connectivity index (χ2n) is 4.96. The second-order valence-corrected chi connectivity index (χ2v) is 6.42. The third-order valence-electron chi connectivity index (χ3n) is 3.24. The van der Waals surface area contributed by atoms with E-state index in [1.165, 1.54) is 0 Å². The first kappa shape index (κ1) is 27.7. The Kier molecular flexibility index (Phi) is 6.08. The summed E-state index contributed by atoms with van der Waals surface area (Å²) in [7, 11) is -8.66. The molecule has 3 nitrogen and oxygen atoms in total. The van der Waals surface area contributed by atoms with Gasteiger partial charge in [0.15, 0.2) is 0 Å². The van der Waals surface area contributed by atoms with Gasteiger partial charge in [0, 0.05) is 0 Å². The van der Waals surface area contributed by atoms with Gasteiger partial charge in [-0.3, -0.25) is 4.55 Å². The molecule has 0 radical (unpaired) electrons. The number of rotatable bonds is 5. The fraction of sp³-hybridized carbons (Fsp3) is 1.00. The molecule has 0 aliphatic rings. The summed E-state index contributed by atoms with van der Waals surface area (Å²) < 4.78 is 247. The Morgan fingerprint density at radius 3 is 0.724 bits per heavy atom. The average molecular weight is 500 g/mol. The van der Waals surface area contributed by atoms with E-state index >= 15 is 0 Å². The Balaban J connectivity index is 8.39. The summed E-state index contributed by atoms with van der Waals surface area (Å²) in [5, 5.41) is -8.81. The van der Waals surface area contributed by atoms with E-state index in [1.807, 2.05) is 0 Å². The van der Waals surface area contributed by atoms with Crippen LogP contribution in [0.5, 0.6) is 0 Å². The smallest absolute Gasteiger partial charge is 0.281 e. The lowest BCUT2D eigenvalue weighted by atomic mass is 9.68. The normalized spacial score (nSPS) is 16.9. The molecule has 0 saturated heterocycles. The number of hydrogen-bond acceptors (Lipinski definition) is 2. The first-order valence-electron chi connectivity index (χ1n) is 5.68. The molecule has 0 rings (SSSR count). The molecule has 0 unspecified atom stereocenters. The van der Waals surface area contributed by atoms with Crippen LogP contribution in [0, 0.1) is 5.41 Å². The summed E-state index contributed by atoms with van der Waals surface area (Å²) in [6.07, 6.45) is -25.5. The predicted octanol–water partition coefficient (Wildman–Crippen LogP) is 5.05. The highest BCUT2D eigenvalue weighted by molar-refractivity contribution is 7.86. The van der Waals surface area contributed by atoms with Gasteiger partial charge in [0.1, 0.15) is 0 Å². The van der Waals surface area contributed by atoms with Gasteiger partial charge in [0.05, 0.1) is 0 Å². The Morgan fingerprint density at radius 2 is 0.621 bits per heavy atom. The molecule has 0 spiro atoms. The Morgan fingerprint density at radius 1 is 0.448 bits per heavy atom. The van der Waals surface area contributed by atoms with Crippen molar-refractivity contribution >= 4 is 10.1 Å². The third-order valence-corrected chi connectivity index (χ3v) is 4.20. The maximum absolute atomic E-state index is 13.6. The maximum atomic E-state index is 13.6. The van der Waals surface area contributed by atoms with Gasteiger partial charge in [-0.1, -0.05) is 0 Å². The molecule has 29 heavy (non-hydrogen) atoms. The molecule has 0 aliphatic heterocycles. The van der Waals surface area contributed by atoms with Crippen LogP contribution in [0.1, 0.15) is 0 Å². The minimum absolute atomic E-state index is 7.89. The van der Waals surface area contributed by atoms with Crippen LogP contribution < -0.4 is 0 Å². The molecule has 0 aromatic heterocycles. The monoisotopic (exact) mass is 500 g/mol. The molecule has 0 aromatic carbocycles. The largest absolute Gasteiger partial charge is 0.454 e. The fourth-order valence-corrected chi connectivity index (χ4v) is 2.74. The van der Waals surface area contributed by atoms with Crippen LogP contribution in [0.25, 0.3) is 0 Å². The van der Waals surface area contributed by atoms with Crippen LogP contribution in [0.15, 0.2) is 0 Å². The molecule has 0 amide bonds. The van der Waals surface area contributed by atoms with Gasteiger partial charge in [0.2, 0.25) is 0 Å². The van der Waals surface area contributed by atoms with Crippen molar-refractivity contribution in [1.82, 2.24) is 0 Å². The van der Waals surface area contributed by atoms with Crippen LogP contribution in [0.2, 0.25) is 0 Å². The van der Waals surface area contributed by atoms with E-state index in [4.69, 9.17) is 4.55 Å². The standard InChI is InChI=1S/C8HF17O3S/c9-2(10,5(15,16)17)1(3(11,12)6(18,19)20,4(13,14)7(21,22)23)8(24,25)29(26,27)28/h(H,26,27,28). The van der Waals surface area contributed by atoms with Crippen molar-refractivity contribution in [1.29, 1.82) is 0 Å². The molecule has 0 heterocycles. The van der Waals surface area contributed by atoms with Crippen LogP contribution in [0.4, 0.5) is 74.6 Å². The lowest BCUT2D eigenvalue weighted by molar-refractivity contribution is -0.499. The quantitative estimate of drug-likeness (QED) is 0.425. The molecule has 0 bridgehead atoms. The Labute approximate surface area is 146 Å². The van der Waals surface area contributed by atoms with Gasteiger partial charge < -0.3 is 0 Å². The number of alkyl halides is 17. The molecule has 1 N–H and O–H groups in total. The van der Waals surface area contributed by atoms with Gasteiger partial charge >= 0.3 is 51.7 Å². The highest BCUT2D eigenvalue weighted by Gasteiger charge is 3.04. The van der Waals surface area contributed by atoms with E-state index in [9.17, 15) is 83.1 Å². The van der Waals surface area contributed by atoms with Crippen molar-refractivity contribution in [2.24, 2.45) is 5.41 Å². The van der Waals surface area contributed by atoms with Crippen LogP contribution in [-0.2, 0) is 10.1 Å². The zero-order valence-electron chi connectivity index (χ0n) is 12.1. The van der Waals surface area contributed by atoms with Gasteiger partial charge in [0.25, 0.3) is 5.41 Å². The summed E-state index contributed by atoms with van der Waals surface area (Å²) in [5.41, 5.74) is -9.53. The summed E-state index contributed by atoms with van der Waals surface area (Å²) >= 11 is 0. The zero-order valence-corrected chi connectivity index (χ0v) is 12.9. The van der Waals surface area contributed by atoms with Crippen molar-refractivity contribution in [3.63, 3.8) is 0 Å². The van der Waals surface area contributed by atoms with Gasteiger partial charge in [-0.2, -0.15) is 83.1 Å². The van der Waals surface area contributed by atoms with Crippen molar-refractivity contribution in [2.45, 2.75) is 41.6 Å². The molecule has 0 aliphatic carbocycles. The van der Waals surface area contributed by atoms with Crippen LogP contribution in [0.3, 0.4) is 0 Å². The van der Waals surface area contributed by atoms with Crippen molar-refractivity contribution in [3.8, 4) is 0 Å². The molecule has 176 valence electrons. The van der Waals surface area contributed by atoms with Crippen LogP contribution >= 0.6 is 0 Å². The number of halogens is 17. The minimum Gasteiger partial charge on any atom is -0.281 e. The average Bonchev–Trinajstić information content (AvgIpc) is 2.31. The van der Waals surface area contributed by atoms with Gasteiger partial charge in [-0.05, 0) is 0 Å². The van der Waals surface area contributed by atoms with Gasteiger partial charge in [-0.25, -0.2) is 0 Å². The van der Waals surface area contributed by atoms with Gasteiger partial charge in [-0.15, -0.1) is 0 Å². The molecule has 21 heteroatoms. The third kappa shape index (κ3) is 3.26. The molecule has 0 aromatic rings. The topological polar surface area (TPSA) is 54.4 Å². The molecule has 0 fully saturated rings. The van der Waals surface area contributed by atoms with Crippen molar-refractivity contribution < 1.29 is 87.6 Å². The Hall–Kier alpha value is -1.28. The lowest BCUT2D eigenvalue weighted by Gasteiger charge is -2.51. The zero-order chi connectivity index (χ0) is 24.5. The summed E-state index contributed by atoms with van der Waals surface area (Å²) in [6.45, 7) is 0. The van der Waals surface area contributed by atoms with Crippen molar-refractivity contribution in [3.05, 3.63) is 0 Å². The minimum atomic E-state index is -9.53. The van der Waals surface area contributed by atoms with Crippen molar-refractivity contribution in [2.75, 3.05) is 0 Å². The predicted molar refractivity (Wildman–Crippen MR) is 51.9 cm³/mol. The molecular formula is C8HF17O3S. The number of hydrogen-bond donors (Lipinski definition) is 1. The van der Waals surface area contributed by atoms with E-state index in [0.717, 1.165) is 0 Å². The summed E-state index contributed by atoms with van der Waals surface area (Å²) in [6, 6.07) is 0. The maximum Gasteiger partial charge on any atom is 0.454 e. The Bertz CT molecular complexity index is 659. The molecular weight excluding hydrogens is 499 g/mol. The van der Waals surface area contributed by atoms with E-state index in [-0.39, 0.29) is 0 Å². The summed E-state index contributed by atoms with van der Waals surface area (Å²) in [5.74, 6) is -27.5.